The number of anilines is 3. The van der Waals surface area contributed by atoms with Gasteiger partial charge in [0.05, 0.1) is 5.56 Å². The Morgan fingerprint density at radius 1 is 1.32 bits per heavy atom. The van der Waals surface area contributed by atoms with Crippen molar-refractivity contribution in [2.45, 2.75) is 19.1 Å². The molecule has 2 N–H and O–H groups in total. The smallest absolute Gasteiger partial charge is 0.416 e. The summed E-state index contributed by atoms with van der Waals surface area (Å²) in [5, 5.41) is 0. The van der Waals surface area contributed by atoms with Gasteiger partial charge < -0.3 is 10.5 Å². The zero-order valence-corrected chi connectivity index (χ0v) is 14.9. The highest BCUT2D eigenvalue weighted by Gasteiger charge is 2.43. The second-order valence-electron chi connectivity index (χ2n) is 6.13. The lowest BCUT2D eigenvalue weighted by molar-refractivity contribution is -0.137. The quantitative estimate of drug-likeness (QED) is 0.856. The molecule has 1 fully saturated rings. The number of pyridine rings is 2. The molecule has 148 valence electrons. The van der Waals surface area contributed by atoms with Crippen LogP contribution >= 0.6 is 0 Å². The molecule has 2 aromatic heterocycles. The van der Waals surface area contributed by atoms with Gasteiger partial charge in [-0.25, -0.2) is 19.7 Å². The largest absolute Gasteiger partial charge is 0.446 e. The van der Waals surface area contributed by atoms with Crippen molar-refractivity contribution < 1.29 is 27.5 Å². The topological polar surface area (TPSA) is 102 Å². The van der Waals surface area contributed by atoms with Crippen molar-refractivity contribution in [1.29, 1.82) is 0 Å². The Kier molecular flexibility index (Phi) is 4.84. The van der Waals surface area contributed by atoms with Gasteiger partial charge >= 0.3 is 12.3 Å². The lowest BCUT2D eigenvalue weighted by Gasteiger charge is -2.25. The van der Waals surface area contributed by atoms with Gasteiger partial charge in [-0.2, -0.15) is 13.2 Å². The number of nitrogens with two attached hydrogens (primary N) is 1. The number of rotatable bonds is 3. The Labute approximate surface area is 157 Å². The molecule has 0 saturated carbocycles. The van der Waals surface area contributed by atoms with Gasteiger partial charge in [-0.3, -0.25) is 9.69 Å². The minimum atomic E-state index is -4.63. The molecule has 0 aromatic carbocycles. The Bertz CT molecular complexity index is 934. The van der Waals surface area contributed by atoms with E-state index in [1.165, 1.54) is 26.1 Å². The van der Waals surface area contributed by atoms with Crippen LogP contribution in [-0.2, 0) is 15.7 Å². The number of aromatic nitrogens is 2. The molecule has 1 aliphatic heterocycles. The van der Waals surface area contributed by atoms with Crippen LogP contribution < -0.4 is 15.5 Å². The highest BCUT2D eigenvalue weighted by Crippen LogP contribution is 2.33. The van der Waals surface area contributed by atoms with Crippen LogP contribution in [0.2, 0.25) is 0 Å². The van der Waals surface area contributed by atoms with Crippen molar-refractivity contribution >= 4 is 29.5 Å². The van der Waals surface area contributed by atoms with Gasteiger partial charge in [-0.05, 0) is 31.2 Å². The summed E-state index contributed by atoms with van der Waals surface area (Å²) in [5.74, 6) is -0.525. The second-order valence-corrected chi connectivity index (χ2v) is 6.13. The molecule has 0 spiro atoms. The predicted molar refractivity (Wildman–Crippen MR) is 93.7 cm³/mol. The van der Waals surface area contributed by atoms with Gasteiger partial charge in [0.15, 0.2) is 6.04 Å². The van der Waals surface area contributed by atoms with Crippen LogP contribution in [0.15, 0.2) is 30.3 Å². The first kappa shape index (κ1) is 19.4. The van der Waals surface area contributed by atoms with Crippen molar-refractivity contribution in [3.05, 3.63) is 41.6 Å². The average Bonchev–Trinajstić information content (AvgIpc) is 3.00. The zero-order valence-electron chi connectivity index (χ0n) is 14.9. The van der Waals surface area contributed by atoms with Crippen molar-refractivity contribution in [3.8, 4) is 0 Å². The van der Waals surface area contributed by atoms with Crippen molar-refractivity contribution in [1.82, 2.24) is 9.97 Å². The van der Waals surface area contributed by atoms with E-state index in [1.54, 1.807) is 6.07 Å². The number of alkyl halides is 3. The molecule has 0 radical (unpaired) electrons. The monoisotopic (exact) mass is 395 g/mol. The molecule has 0 bridgehead atoms. The van der Waals surface area contributed by atoms with Crippen LogP contribution in [-0.4, -0.2) is 41.7 Å². The number of amides is 2. The maximum Gasteiger partial charge on any atom is 0.416 e. The molecular weight excluding hydrogens is 379 g/mol. The Morgan fingerprint density at radius 2 is 2.04 bits per heavy atom. The van der Waals surface area contributed by atoms with Gasteiger partial charge in [0, 0.05) is 12.7 Å². The Balaban J connectivity index is 1.96. The van der Waals surface area contributed by atoms with E-state index in [0.717, 1.165) is 15.9 Å². The van der Waals surface area contributed by atoms with Crippen LogP contribution in [0.4, 0.5) is 35.4 Å². The number of hydrogen-bond acceptors (Lipinski definition) is 6. The molecule has 3 rings (SSSR count). The minimum Gasteiger partial charge on any atom is -0.446 e. The molecule has 11 heteroatoms. The fourth-order valence-electron chi connectivity index (χ4n) is 2.76. The van der Waals surface area contributed by atoms with Gasteiger partial charge in [-0.15, -0.1) is 0 Å². The molecule has 3 heterocycles. The van der Waals surface area contributed by atoms with Crippen LogP contribution in [0, 0.1) is 6.92 Å². The number of nitrogen functional groups attached to an aromatic ring is 1. The summed E-state index contributed by atoms with van der Waals surface area (Å²) < 4.78 is 44.3. The number of cyclic esters (lactones) is 1. The second kappa shape index (κ2) is 6.98. The summed E-state index contributed by atoms with van der Waals surface area (Å²) >= 11 is 0. The molecule has 2 aromatic rings. The number of ether oxygens (including phenoxy) is 1. The number of carbonyl (C=O) groups is 2. The Morgan fingerprint density at radius 3 is 2.68 bits per heavy atom. The Hall–Kier alpha value is -3.37. The maximum absolute atomic E-state index is 13.1. The lowest BCUT2D eigenvalue weighted by Crippen LogP contribution is -2.47. The summed E-state index contributed by atoms with van der Waals surface area (Å²) in [6.45, 7) is 1.03. The number of nitrogens with zero attached hydrogens (tertiary/aromatic N) is 4. The number of aryl methyl sites for hydroxylation is 1. The lowest BCUT2D eigenvalue weighted by atomic mass is 10.2. The first-order chi connectivity index (χ1) is 13.1. The molecule has 1 aliphatic rings. The zero-order chi connectivity index (χ0) is 20.6. The molecular formula is C17H16F3N5O3. The molecule has 1 atom stereocenters. The summed E-state index contributed by atoms with van der Waals surface area (Å²) in [6.07, 6.45) is -5.59. The van der Waals surface area contributed by atoms with Gasteiger partial charge in [0.25, 0.3) is 5.91 Å². The molecule has 8 nitrogen and oxygen atoms in total. The highest BCUT2D eigenvalue weighted by molar-refractivity contribution is 6.05. The van der Waals surface area contributed by atoms with E-state index >= 15 is 0 Å². The fourth-order valence-corrected chi connectivity index (χ4v) is 2.76. The van der Waals surface area contributed by atoms with E-state index in [4.69, 9.17) is 10.5 Å². The molecule has 0 aliphatic carbocycles. The van der Waals surface area contributed by atoms with Gasteiger partial charge in [0.1, 0.15) is 24.1 Å². The SMILES string of the molecule is Cc1cc(C(F)(F)F)cc(N2C(=O)OC[C@H]2C(=O)N(C)c2cccc(N)n2)n1. The van der Waals surface area contributed by atoms with Crippen LogP contribution in [0.1, 0.15) is 11.3 Å². The molecule has 28 heavy (non-hydrogen) atoms. The average molecular weight is 395 g/mol. The minimum absolute atomic E-state index is 0.0431. The van der Waals surface area contributed by atoms with Crippen LogP contribution in [0.3, 0.4) is 0 Å². The number of carbonyl (C=O) groups excluding carboxylic acids is 2. The number of halogens is 3. The van der Waals surface area contributed by atoms with E-state index in [1.807, 2.05) is 0 Å². The van der Waals surface area contributed by atoms with Crippen LogP contribution in [0.5, 0.6) is 0 Å². The van der Waals surface area contributed by atoms with Gasteiger partial charge in [-0.1, -0.05) is 6.07 Å². The van der Waals surface area contributed by atoms with E-state index in [0.29, 0.717) is 6.07 Å². The van der Waals surface area contributed by atoms with Gasteiger partial charge in [0.2, 0.25) is 0 Å². The molecule has 2 amide bonds. The fraction of sp³-hybridized carbons (Fsp3) is 0.294. The third-order valence-corrected chi connectivity index (χ3v) is 4.10. The third kappa shape index (κ3) is 3.68. The molecule has 0 unspecified atom stereocenters. The third-order valence-electron chi connectivity index (χ3n) is 4.10. The summed E-state index contributed by atoms with van der Waals surface area (Å²) in [4.78, 5) is 35.0. The maximum atomic E-state index is 13.1. The summed E-state index contributed by atoms with van der Waals surface area (Å²) in [6, 6.07) is 5.02. The summed E-state index contributed by atoms with van der Waals surface area (Å²) in [5.41, 5.74) is 4.67. The van der Waals surface area contributed by atoms with Crippen LogP contribution in [0.25, 0.3) is 0 Å². The van der Waals surface area contributed by atoms with Crippen molar-refractivity contribution in [2.24, 2.45) is 0 Å². The first-order valence-corrected chi connectivity index (χ1v) is 8.10. The highest BCUT2D eigenvalue weighted by atomic mass is 19.4. The van der Waals surface area contributed by atoms with Crippen molar-refractivity contribution in [2.75, 3.05) is 29.2 Å². The normalized spacial score (nSPS) is 16.8. The number of likely N-dealkylation sites (N-methyl/N-ethyl adjacent to an activating group) is 1. The summed E-state index contributed by atoms with van der Waals surface area (Å²) in [7, 11) is 1.41. The van der Waals surface area contributed by atoms with E-state index in [9.17, 15) is 22.8 Å². The van der Waals surface area contributed by atoms with E-state index in [-0.39, 0.29) is 29.8 Å². The van der Waals surface area contributed by atoms with E-state index < -0.39 is 29.8 Å². The molecule has 1 saturated heterocycles. The standard InChI is InChI=1S/C17H16F3N5O3/c1-9-6-10(17(18,19)20)7-14(22-9)25-11(8-28-16(25)27)15(26)24(2)13-5-3-4-12(21)23-13/h3-7,11H,8H2,1-2H3,(H2,21,23)/t11-/m0/s1. The first-order valence-electron chi connectivity index (χ1n) is 8.10. The van der Waals surface area contributed by atoms with E-state index in [2.05, 4.69) is 9.97 Å². The number of hydrogen-bond donors (Lipinski definition) is 1. The van der Waals surface area contributed by atoms with Crippen molar-refractivity contribution in [3.63, 3.8) is 0 Å². The predicted octanol–water partition coefficient (Wildman–Crippen LogP) is 2.37.